The van der Waals surface area contributed by atoms with Crippen LogP contribution in [0.15, 0.2) is 50.7 Å². The van der Waals surface area contributed by atoms with Gasteiger partial charge in [-0.1, -0.05) is 18.2 Å². The van der Waals surface area contributed by atoms with Gasteiger partial charge in [-0.2, -0.15) is 17.7 Å². The summed E-state index contributed by atoms with van der Waals surface area (Å²) in [4.78, 5) is 44.0. The fourth-order valence-electron chi connectivity index (χ4n) is 5.05. The second-order valence-corrected chi connectivity index (χ2v) is 11.6. The van der Waals surface area contributed by atoms with E-state index in [4.69, 9.17) is 13.9 Å². The van der Waals surface area contributed by atoms with Crippen molar-refractivity contribution >= 4 is 27.5 Å². The van der Waals surface area contributed by atoms with Crippen LogP contribution in [0.5, 0.6) is 0 Å². The summed E-state index contributed by atoms with van der Waals surface area (Å²) in [6.07, 6.45) is -2.11. The molecule has 2 atom stereocenters. The van der Waals surface area contributed by atoms with Crippen molar-refractivity contribution in [1.82, 2.24) is 14.1 Å². The van der Waals surface area contributed by atoms with E-state index < -0.39 is 46.9 Å². The maximum absolute atomic E-state index is 14.1. The van der Waals surface area contributed by atoms with E-state index in [0.717, 1.165) is 41.1 Å². The van der Waals surface area contributed by atoms with E-state index in [1.807, 2.05) is 0 Å². The van der Waals surface area contributed by atoms with E-state index in [-0.39, 0.29) is 28.2 Å². The largest absolute Gasteiger partial charge is 0.480 e. The van der Waals surface area contributed by atoms with Gasteiger partial charge in [0.1, 0.15) is 16.6 Å². The minimum Gasteiger partial charge on any atom is -0.480 e. The smallest absolute Gasteiger partial charge is 0.416 e. The molecular weight excluding hydrogens is 579 g/mol. The molecule has 14 heteroatoms. The number of carbonyl (C=O) groups is 1. The molecule has 0 bridgehead atoms. The zero-order valence-electron chi connectivity index (χ0n) is 22.9. The van der Waals surface area contributed by atoms with Gasteiger partial charge in [-0.3, -0.25) is 9.36 Å². The van der Waals surface area contributed by atoms with Crippen LogP contribution in [0.3, 0.4) is 0 Å². The van der Waals surface area contributed by atoms with Crippen molar-refractivity contribution in [1.29, 1.82) is 0 Å². The lowest BCUT2D eigenvalue weighted by Gasteiger charge is -2.29. The number of fused-ring (bicyclic) bond motifs is 1. The molecule has 0 saturated carbocycles. The molecule has 0 aliphatic carbocycles. The van der Waals surface area contributed by atoms with E-state index in [9.17, 15) is 32.7 Å². The fraction of sp³-hybridized carbons (Fsp3) is 0.429. The zero-order valence-corrected chi connectivity index (χ0v) is 23.8. The zero-order chi connectivity index (χ0) is 30.4. The Morgan fingerprint density at radius 2 is 1.98 bits per heavy atom. The van der Waals surface area contributed by atoms with Crippen LogP contribution in [0.1, 0.15) is 60.8 Å². The molecule has 0 spiro atoms. The molecule has 4 heterocycles. The summed E-state index contributed by atoms with van der Waals surface area (Å²) in [5.74, 6) is -1.34. The standard InChI is InChI=1S/C28H28F3N3O7S/c1-15-19(14-18(41-20-10-6-7-12-39-20)16-8-4-5-9-17(16)28(29,30)31)42-23-21(15)22(35)33(25-32-11-13-40-25)26(38)34(23)27(2,3)24(36)37/h4-5,8-9,11,13,18,20H,6-7,10,12,14H2,1-3H3,(H,36,37)/t18-,20?/m1/s1. The van der Waals surface area contributed by atoms with Gasteiger partial charge in [0, 0.05) is 17.9 Å². The van der Waals surface area contributed by atoms with Crippen molar-refractivity contribution < 1.29 is 37.0 Å². The topological polar surface area (TPSA) is 126 Å². The van der Waals surface area contributed by atoms with Crippen molar-refractivity contribution in [2.24, 2.45) is 0 Å². The number of alkyl halides is 3. The summed E-state index contributed by atoms with van der Waals surface area (Å²) < 4.78 is 60.9. The Kier molecular flexibility index (Phi) is 7.89. The number of nitrogens with zero attached hydrogens (tertiary/aromatic N) is 3. The summed E-state index contributed by atoms with van der Waals surface area (Å²) in [6, 6.07) is 4.76. The number of hydrogen-bond acceptors (Lipinski definition) is 8. The molecule has 4 aromatic rings. The Morgan fingerprint density at radius 3 is 2.60 bits per heavy atom. The van der Waals surface area contributed by atoms with E-state index in [2.05, 4.69) is 4.98 Å². The second kappa shape index (κ2) is 11.2. The third-order valence-corrected chi connectivity index (χ3v) is 8.66. The summed E-state index contributed by atoms with van der Waals surface area (Å²) in [7, 11) is 0. The molecule has 224 valence electrons. The predicted octanol–water partition coefficient (Wildman–Crippen LogP) is 5.18. The van der Waals surface area contributed by atoms with Gasteiger partial charge in [-0.15, -0.1) is 11.3 Å². The maximum atomic E-state index is 14.1. The number of halogens is 3. The van der Waals surface area contributed by atoms with Gasteiger partial charge in [-0.05, 0) is 57.2 Å². The fourth-order valence-corrected chi connectivity index (χ4v) is 6.52. The second-order valence-electron chi connectivity index (χ2n) is 10.5. The lowest BCUT2D eigenvalue weighted by Crippen LogP contribution is -2.48. The third kappa shape index (κ3) is 5.29. The first kappa shape index (κ1) is 29.7. The number of benzene rings is 1. The predicted molar refractivity (Wildman–Crippen MR) is 146 cm³/mol. The number of oxazole rings is 1. The summed E-state index contributed by atoms with van der Waals surface area (Å²) in [5, 5.41) is 10.0. The van der Waals surface area contributed by atoms with Crippen molar-refractivity contribution in [2.75, 3.05) is 6.61 Å². The monoisotopic (exact) mass is 607 g/mol. The Bertz CT molecular complexity index is 1730. The minimum atomic E-state index is -4.66. The van der Waals surface area contributed by atoms with Crippen molar-refractivity contribution in [2.45, 2.75) is 70.6 Å². The molecule has 1 fully saturated rings. The highest BCUT2D eigenvalue weighted by molar-refractivity contribution is 7.18. The molecule has 0 amide bonds. The van der Waals surface area contributed by atoms with Crippen LogP contribution >= 0.6 is 11.3 Å². The van der Waals surface area contributed by atoms with Crippen LogP contribution < -0.4 is 11.2 Å². The van der Waals surface area contributed by atoms with Crippen LogP contribution in [0, 0.1) is 6.92 Å². The molecule has 1 aliphatic rings. The van der Waals surface area contributed by atoms with Gasteiger partial charge in [0.05, 0.1) is 23.3 Å². The normalized spacial score (nSPS) is 17.0. The van der Waals surface area contributed by atoms with Crippen LogP contribution in [0.25, 0.3) is 16.2 Å². The molecule has 0 radical (unpaired) electrons. The average molecular weight is 608 g/mol. The number of rotatable bonds is 8. The van der Waals surface area contributed by atoms with E-state index >= 15 is 0 Å². The highest BCUT2D eigenvalue weighted by Crippen LogP contribution is 2.40. The third-order valence-electron chi connectivity index (χ3n) is 7.36. The molecule has 1 N–H and O–H groups in total. The van der Waals surface area contributed by atoms with Gasteiger partial charge in [-0.25, -0.2) is 14.6 Å². The van der Waals surface area contributed by atoms with E-state index in [1.165, 1.54) is 38.2 Å². The van der Waals surface area contributed by atoms with Crippen molar-refractivity contribution in [3.63, 3.8) is 0 Å². The minimum absolute atomic E-state index is 0.0268. The highest BCUT2D eigenvalue weighted by Gasteiger charge is 2.38. The summed E-state index contributed by atoms with van der Waals surface area (Å²) in [5.41, 5.74) is -4.19. The molecule has 1 aromatic carbocycles. The van der Waals surface area contributed by atoms with Crippen LogP contribution in [0.2, 0.25) is 0 Å². The quantitative estimate of drug-likeness (QED) is 0.291. The van der Waals surface area contributed by atoms with Gasteiger partial charge in [0.25, 0.3) is 5.56 Å². The SMILES string of the molecule is Cc1c(C[C@@H](OC2CCCCO2)c2ccccc2C(F)(F)F)sc2c1c(=O)n(-c1ncco1)c(=O)n2C(C)(C)C(=O)O. The number of ether oxygens (including phenoxy) is 2. The number of aromatic nitrogens is 3. The molecule has 42 heavy (non-hydrogen) atoms. The first-order valence-electron chi connectivity index (χ1n) is 13.2. The Hall–Kier alpha value is -3.75. The van der Waals surface area contributed by atoms with Crippen molar-refractivity contribution in [3.05, 3.63) is 79.1 Å². The lowest BCUT2D eigenvalue weighted by atomic mass is 9.97. The van der Waals surface area contributed by atoms with Crippen LogP contribution in [0.4, 0.5) is 13.2 Å². The highest BCUT2D eigenvalue weighted by atomic mass is 32.1. The summed E-state index contributed by atoms with van der Waals surface area (Å²) >= 11 is 0.961. The number of carboxylic acids is 1. The molecule has 1 saturated heterocycles. The average Bonchev–Trinajstić information content (AvgIpc) is 3.57. The number of carboxylic acid groups (broad SMARTS) is 1. The first-order chi connectivity index (χ1) is 19.8. The van der Waals surface area contributed by atoms with Crippen LogP contribution in [-0.2, 0) is 32.4 Å². The first-order valence-corrected chi connectivity index (χ1v) is 14.0. The number of aliphatic carboxylic acids is 1. The van der Waals surface area contributed by atoms with E-state index in [0.29, 0.717) is 28.0 Å². The Labute approximate surface area is 240 Å². The summed E-state index contributed by atoms with van der Waals surface area (Å²) in [6.45, 7) is 4.63. The molecule has 1 aliphatic heterocycles. The van der Waals surface area contributed by atoms with Crippen LogP contribution in [-0.4, -0.2) is 38.1 Å². The van der Waals surface area contributed by atoms with Gasteiger partial charge < -0.3 is 19.0 Å². The lowest BCUT2D eigenvalue weighted by molar-refractivity contribution is -0.192. The maximum Gasteiger partial charge on any atom is 0.416 e. The van der Waals surface area contributed by atoms with Gasteiger partial charge >= 0.3 is 23.9 Å². The van der Waals surface area contributed by atoms with E-state index in [1.54, 1.807) is 6.92 Å². The molecule has 3 aromatic heterocycles. The van der Waals surface area contributed by atoms with Gasteiger partial charge in [0.2, 0.25) is 0 Å². The molecule has 5 rings (SSSR count). The molecular formula is C28H28F3N3O7S. The Morgan fingerprint density at radius 1 is 1.24 bits per heavy atom. The molecule has 1 unspecified atom stereocenters. The number of aryl methyl sites for hydroxylation is 1. The Balaban J connectivity index is 1.72. The number of thiophene rings is 1. The molecule has 10 nitrogen and oxygen atoms in total. The van der Waals surface area contributed by atoms with Crippen molar-refractivity contribution in [3.8, 4) is 6.01 Å². The van der Waals surface area contributed by atoms with Gasteiger partial charge in [0.15, 0.2) is 6.29 Å². The number of hydrogen-bond donors (Lipinski definition) is 1.